The Morgan fingerprint density at radius 2 is 1.71 bits per heavy atom. The summed E-state index contributed by atoms with van der Waals surface area (Å²) in [6, 6.07) is 8.92. The van der Waals surface area contributed by atoms with Crippen molar-refractivity contribution in [1.82, 2.24) is 0 Å². The minimum absolute atomic E-state index is 0.675. The topological polar surface area (TPSA) is 12.0 Å². The van der Waals surface area contributed by atoms with E-state index in [0.717, 1.165) is 6.54 Å². The van der Waals surface area contributed by atoms with Crippen LogP contribution in [0.15, 0.2) is 24.3 Å². The van der Waals surface area contributed by atoms with Crippen LogP contribution in [0.25, 0.3) is 0 Å². The summed E-state index contributed by atoms with van der Waals surface area (Å²) < 4.78 is 0. The molecule has 0 aliphatic rings. The number of benzene rings is 1. The van der Waals surface area contributed by atoms with Gasteiger partial charge in [0.1, 0.15) is 0 Å². The van der Waals surface area contributed by atoms with E-state index >= 15 is 0 Å². The highest BCUT2D eigenvalue weighted by Crippen LogP contribution is 2.20. The molecule has 0 spiro atoms. The minimum atomic E-state index is 0.675. The first-order valence-corrected chi connectivity index (χ1v) is 7.11. The van der Waals surface area contributed by atoms with Gasteiger partial charge in [-0.25, -0.2) is 0 Å². The molecule has 0 aliphatic heterocycles. The van der Waals surface area contributed by atoms with E-state index in [1.54, 1.807) is 0 Å². The Balaban J connectivity index is 2.30. The van der Waals surface area contributed by atoms with E-state index in [4.69, 9.17) is 0 Å². The Hall–Kier alpha value is -0.980. The molecule has 1 N–H and O–H groups in total. The molecule has 0 amide bonds. The van der Waals surface area contributed by atoms with Crippen LogP contribution < -0.4 is 5.32 Å². The van der Waals surface area contributed by atoms with Gasteiger partial charge in [0.05, 0.1) is 0 Å². The van der Waals surface area contributed by atoms with Gasteiger partial charge in [0, 0.05) is 12.2 Å². The van der Waals surface area contributed by atoms with E-state index in [9.17, 15) is 0 Å². The summed E-state index contributed by atoms with van der Waals surface area (Å²) in [4.78, 5) is 0. The van der Waals surface area contributed by atoms with Crippen LogP contribution in [0.5, 0.6) is 0 Å². The van der Waals surface area contributed by atoms with Gasteiger partial charge in [-0.15, -0.1) is 0 Å². The summed E-state index contributed by atoms with van der Waals surface area (Å²) in [5.74, 6) is 0.675. The fourth-order valence-corrected chi connectivity index (χ4v) is 1.95. The number of unbranched alkanes of at least 4 members (excludes halogenated alkanes) is 3. The Bertz CT molecular complexity index is 289. The third-order valence-electron chi connectivity index (χ3n) is 3.45. The largest absolute Gasteiger partial charge is 0.385 e. The quantitative estimate of drug-likeness (QED) is 0.609. The van der Waals surface area contributed by atoms with Crippen molar-refractivity contribution in [2.45, 2.75) is 58.8 Å². The normalized spacial score (nSPS) is 12.4. The maximum Gasteiger partial charge on any atom is 0.0340 e. The van der Waals surface area contributed by atoms with Crippen LogP contribution in [0.1, 0.15) is 64.4 Å². The molecule has 0 saturated heterocycles. The van der Waals surface area contributed by atoms with E-state index in [0.29, 0.717) is 5.92 Å². The summed E-state index contributed by atoms with van der Waals surface area (Å²) in [6.45, 7) is 7.88. The lowest BCUT2D eigenvalue weighted by Crippen LogP contribution is -2.01. The molecule has 96 valence electrons. The maximum atomic E-state index is 3.49. The van der Waals surface area contributed by atoms with Crippen molar-refractivity contribution in [3.63, 3.8) is 0 Å². The van der Waals surface area contributed by atoms with Crippen molar-refractivity contribution in [2.75, 3.05) is 11.9 Å². The first-order valence-electron chi connectivity index (χ1n) is 7.11. The van der Waals surface area contributed by atoms with Crippen molar-refractivity contribution in [3.05, 3.63) is 29.8 Å². The zero-order valence-corrected chi connectivity index (χ0v) is 11.6. The van der Waals surface area contributed by atoms with E-state index in [2.05, 4.69) is 50.4 Å². The fraction of sp³-hybridized carbons (Fsp3) is 0.625. The number of anilines is 1. The standard InChI is InChI=1S/C16H27N/c1-4-6-7-8-13-17-16-11-9-15(10-12-16)14(3)5-2/h9-12,14,17H,4-8,13H2,1-3H3. The lowest BCUT2D eigenvalue weighted by molar-refractivity contribution is 0.685. The highest BCUT2D eigenvalue weighted by Gasteiger charge is 2.01. The molecule has 1 atom stereocenters. The van der Waals surface area contributed by atoms with E-state index < -0.39 is 0 Å². The van der Waals surface area contributed by atoms with Crippen molar-refractivity contribution >= 4 is 5.69 Å². The summed E-state index contributed by atoms with van der Waals surface area (Å²) in [7, 11) is 0. The Labute approximate surface area is 107 Å². The lowest BCUT2D eigenvalue weighted by atomic mass is 9.99. The first-order chi connectivity index (χ1) is 8.27. The van der Waals surface area contributed by atoms with Gasteiger partial charge in [0.2, 0.25) is 0 Å². The fourth-order valence-electron chi connectivity index (χ4n) is 1.95. The summed E-state index contributed by atoms with van der Waals surface area (Å²) >= 11 is 0. The van der Waals surface area contributed by atoms with Crippen LogP contribution >= 0.6 is 0 Å². The molecule has 0 fully saturated rings. The van der Waals surface area contributed by atoms with Crippen LogP contribution in [0.2, 0.25) is 0 Å². The zero-order chi connectivity index (χ0) is 12.5. The molecular weight excluding hydrogens is 206 g/mol. The summed E-state index contributed by atoms with van der Waals surface area (Å²) in [6.07, 6.45) is 6.50. The smallest absolute Gasteiger partial charge is 0.0340 e. The minimum Gasteiger partial charge on any atom is -0.385 e. The van der Waals surface area contributed by atoms with Crippen LogP contribution in [0.4, 0.5) is 5.69 Å². The monoisotopic (exact) mass is 233 g/mol. The van der Waals surface area contributed by atoms with Gasteiger partial charge in [0.25, 0.3) is 0 Å². The average molecular weight is 233 g/mol. The van der Waals surface area contributed by atoms with Crippen molar-refractivity contribution in [1.29, 1.82) is 0 Å². The molecule has 1 aromatic carbocycles. The molecule has 1 heteroatoms. The SMILES string of the molecule is CCCCCCNc1ccc(C(C)CC)cc1. The molecule has 0 bridgehead atoms. The molecule has 0 heterocycles. The number of rotatable bonds is 8. The van der Waals surface area contributed by atoms with Gasteiger partial charge in [0.15, 0.2) is 0 Å². The molecule has 17 heavy (non-hydrogen) atoms. The molecule has 0 radical (unpaired) electrons. The second-order valence-corrected chi connectivity index (χ2v) is 4.92. The number of hydrogen-bond donors (Lipinski definition) is 1. The van der Waals surface area contributed by atoms with E-state index in [1.807, 2.05) is 0 Å². The van der Waals surface area contributed by atoms with E-state index in [1.165, 1.54) is 43.4 Å². The van der Waals surface area contributed by atoms with Gasteiger partial charge >= 0.3 is 0 Å². The van der Waals surface area contributed by atoms with Crippen molar-refractivity contribution < 1.29 is 0 Å². The first kappa shape index (κ1) is 14.1. The van der Waals surface area contributed by atoms with Gasteiger partial charge in [-0.2, -0.15) is 0 Å². The van der Waals surface area contributed by atoms with Gasteiger partial charge in [-0.1, -0.05) is 52.2 Å². The predicted octanol–water partition coefficient (Wildman–Crippen LogP) is 5.19. The van der Waals surface area contributed by atoms with E-state index in [-0.39, 0.29) is 0 Å². The molecule has 1 aromatic rings. The van der Waals surface area contributed by atoms with Crippen molar-refractivity contribution in [2.24, 2.45) is 0 Å². The summed E-state index contributed by atoms with van der Waals surface area (Å²) in [5.41, 5.74) is 2.71. The molecule has 0 aromatic heterocycles. The maximum absolute atomic E-state index is 3.49. The third-order valence-corrected chi connectivity index (χ3v) is 3.45. The van der Waals surface area contributed by atoms with Gasteiger partial charge in [-0.05, 0) is 36.5 Å². The van der Waals surface area contributed by atoms with Gasteiger partial charge < -0.3 is 5.32 Å². The Kier molecular flexibility index (Phi) is 6.76. The number of hydrogen-bond acceptors (Lipinski definition) is 1. The molecule has 0 saturated carbocycles. The second kappa shape index (κ2) is 8.16. The molecule has 1 unspecified atom stereocenters. The Morgan fingerprint density at radius 3 is 2.29 bits per heavy atom. The van der Waals surface area contributed by atoms with Crippen LogP contribution in [0.3, 0.4) is 0 Å². The van der Waals surface area contributed by atoms with Crippen LogP contribution in [-0.4, -0.2) is 6.54 Å². The predicted molar refractivity (Wildman–Crippen MR) is 77.8 cm³/mol. The molecule has 1 rings (SSSR count). The average Bonchev–Trinajstić information content (AvgIpc) is 2.38. The summed E-state index contributed by atoms with van der Waals surface area (Å²) in [5, 5.41) is 3.49. The third kappa shape index (κ3) is 5.25. The van der Waals surface area contributed by atoms with Gasteiger partial charge in [-0.3, -0.25) is 0 Å². The highest BCUT2D eigenvalue weighted by molar-refractivity contribution is 5.45. The van der Waals surface area contributed by atoms with Crippen molar-refractivity contribution in [3.8, 4) is 0 Å². The lowest BCUT2D eigenvalue weighted by Gasteiger charge is -2.11. The number of nitrogens with one attached hydrogen (secondary N) is 1. The molecule has 1 nitrogen and oxygen atoms in total. The zero-order valence-electron chi connectivity index (χ0n) is 11.6. The van der Waals surface area contributed by atoms with Crippen LogP contribution in [-0.2, 0) is 0 Å². The highest BCUT2D eigenvalue weighted by atomic mass is 14.9. The molecular formula is C16H27N. The van der Waals surface area contributed by atoms with Crippen LogP contribution in [0, 0.1) is 0 Å². The Morgan fingerprint density at radius 1 is 1.00 bits per heavy atom. The molecule has 0 aliphatic carbocycles. The second-order valence-electron chi connectivity index (χ2n) is 4.92.